The molecule has 3 aromatic rings. The van der Waals surface area contributed by atoms with Crippen LogP contribution in [-0.2, 0) is 17.8 Å². The first kappa shape index (κ1) is 18.3. The molecular weight excluding hydrogens is 366 g/mol. The van der Waals surface area contributed by atoms with Crippen LogP contribution in [0.4, 0.5) is 14.5 Å². The molecule has 1 N–H and O–H groups in total. The molecule has 3 heterocycles. The topological polar surface area (TPSA) is 77.6 Å². The zero-order valence-corrected chi connectivity index (χ0v) is 15.4. The summed E-state index contributed by atoms with van der Waals surface area (Å²) < 4.78 is 32.3. The summed E-state index contributed by atoms with van der Waals surface area (Å²) in [7, 11) is 0. The quantitative estimate of drug-likeness (QED) is 0.746. The smallest absolute Gasteiger partial charge is 0.247 e. The maximum Gasteiger partial charge on any atom is 0.247 e. The molecule has 1 atom stereocenters. The monoisotopic (exact) mass is 386 g/mol. The minimum Gasteiger partial charge on any atom is -0.325 e. The maximum atomic E-state index is 14.5. The molecule has 0 bridgehead atoms. The molecule has 7 nitrogen and oxygen atoms in total. The summed E-state index contributed by atoms with van der Waals surface area (Å²) in [5.41, 5.74) is 0.0203. The van der Waals surface area contributed by atoms with Crippen molar-refractivity contribution in [3.05, 3.63) is 48.3 Å². The average Bonchev–Trinajstić information content (AvgIpc) is 3.29. The normalized spacial score (nSPS) is 15.0. The fourth-order valence-corrected chi connectivity index (χ4v) is 3.37. The van der Waals surface area contributed by atoms with Crippen molar-refractivity contribution >= 4 is 11.6 Å². The predicted molar refractivity (Wildman–Crippen MR) is 98.5 cm³/mol. The molecule has 0 saturated carbocycles. The second-order valence-electron chi connectivity index (χ2n) is 6.89. The Kier molecular flexibility index (Phi) is 4.89. The largest absolute Gasteiger partial charge is 0.325 e. The van der Waals surface area contributed by atoms with Crippen molar-refractivity contribution < 1.29 is 13.6 Å². The highest BCUT2D eigenvalue weighted by Gasteiger charge is 2.22. The van der Waals surface area contributed by atoms with Crippen LogP contribution >= 0.6 is 0 Å². The number of aryl methyl sites for hydroxylation is 1. The first-order valence-electron chi connectivity index (χ1n) is 9.24. The molecule has 1 aliphatic rings. The molecule has 0 fully saturated rings. The van der Waals surface area contributed by atoms with Crippen molar-refractivity contribution in [2.45, 2.75) is 45.2 Å². The number of carbonyl (C=O) groups is 1. The van der Waals surface area contributed by atoms with E-state index in [1.807, 2.05) is 4.57 Å². The summed E-state index contributed by atoms with van der Waals surface area (Å²) in [6.07, 6.45) is 8.51. The Morgan fingerprint density at radius 1 is 1.18 bits per heavy atom. The van der Waals surface area contributed by atoms with Crippen molar-refractivity contribution in [1.29, 1.82) is 0 Å². The van der Waals surface area contributed by atoms with Crippen molar-refractivity contribution in [2.24, 2.45) is 0 Å². The van der Waals surface area contributed by atoms with Gasteiger partial charge < -0.3 is 14.5 Å². The molecule has 0 aliphatic carbocycles. The second-order valence-corrected chi connectivity index (χ2v) is 6.89. The van der Waals surface area contributed by atoms with Gasteiger partial charge >= 0.3 is 0 Å². The van der Waals surface area contributed by atoms with Crippen LogP contribution in [0.1, 0.15) is 38.1 Å². The number of halogens is 2. The predicted octanol–water partition coefficient (Wildman–Crippen LogP) is 3.35. The number of hydrogen-bond donors (Lipinski definition) is 1. The number of benzene rings is 1. The lowest BCUT2D eigenvalue weighted by Gasteiger charge is -2.15. The fraction of sp³-hybridized carbons (Fsp3) is 0.368. The van der Waals surface area contributed by atoms with Crippen LogP contribution in [0.15, 0.2) is 30.9 Å². The van der Waals surface area contributed by atoms with Crippen molar-refractivity contribution in [1.82, 2.24) is 24.3 Å². The number of aromatic nitrogens is 5. The van der Waals surface area contributed by atoms with E-state index in [4.69, 9.17) is 0 Å². The van der Waals surface area contributed by atoms with Gasteiger partial charge in [-0.15, -0.1) is 10.2 Å². The van der Waals surface area contributed by atoms with Gasteiger partial charge in [-0.1, -0.05) is 6.42 Å². The van der Waals surface area contributed by atoms with Gasteiger partial charge in [0.25, 0.3) is 0 Å². The number of nitrogens with one attached hydrogen (secondary N) is 1. The van der Waals surface area contributed by atoms with Gasteiger partial charge in [-0.25, -0.2) is 13.8 Å². The van der Waals surface area contributed by atoms with Crippen LogP contribution in [0, 0.1) is 11.6 Å². The molecule has 1 aromatic carbocycles. The molecule has 0 unspecified atom stereocenters. The van der Waals surface area contributed by atoms with Gasteiger partial charge in [0.2, 0.25) is 5.91 Å². The Morgan fingerprint density at radius 3 is 2.82 bits per heavy atom. The van der Waals surface area contributed by atoms with Gasteiger partial charge in [0, 0.05) is 31.4 Å². The molecule has 146 valence electrons. The Labute approximate surface area is 160 Å². The maximum absolute atomic E-state index is 14.5. The third-order valence-electron chi connectivity index (χ3n) is 5.02. The van der Waals surface area contributed by atoms with Crippen LogP contribution in [-0.4, -0.2) is 30.2 Å². The van der Waals surface area contributed by atoms with Crippen LogP contribution < -0.4 is 5.32 Å². The first-order chi connectivity index (χ1) is 13.5. The number of anilines is 1. The lowest BCUT2D eigenvalue weighted by Crippen LogP contribution is -2.23. The van der Waals surface area contributed by atoms with Crippen molar-refractivity contribution in [3.63, 3.8) is 0 Å². The molecule has 0 spiro atoms. The highest BCUT2D eigenvalue weighted by Crippen LogP contribution is 2.29. The summed E-state index contributed by atoms with van der Waals surface area (Å²) in [6.45, 7) is 2.35. The van der Waals surface area contributed by atoms with Gasteiger partial charge in [0.05, 0.1) is 17.6 Å². The summed E-state index contributed by atoms with van der Waals surface area (Å²) in [6, 6.07) is 1.45. The van der Waals surface area contributed by atoms with Gasteiger partial charge in [0.15, 0.2) is 5.82 Å². The summed E-state index contributed by atoms with van der Waals surface area (Å²) in [5.74, 6) is -0.863. The lowest BCUT2D eigenvalue weighted by atomic mass is 10.1. The number of nitrogens with zero attached hydrogens (tertiary/aromatic N) is 5. The lowest BCUT2D eigenvalue weighted by molar-refractivity contribution is -0.118. The van der Waals surface area contributed by atoms with Gasteiger partial charge in [0.1, 0.15) is 23.5 Å². The van der Waals surface area contributed by atoms with Crippen molar-refractivity contribution in [2.75, 3.05) is 5.32 Å². The zero-order chi connectivity index (χ0) is 19.7. The molecule has 1 aliphatic heterocycles. The second kappa shape index (κ2) is 7.49. The van der Waals surface area contributed by atoms with E-state index < -0.39 is 23.6 Å². The molecule has 0 radical (unpaired) electrons. The number of imidazole rings is 1. The van der Waals surface area contributed by atoms with Crippen LogP contribution in [0.25, 0.3) is 11.4 Å². The van der Waals surface area contributed by atoms with E-state index in [2.05, 4.69) is 20.5 Å². The summed E-state index contributed by atoms with van der Waals surface area (Å²) in [4.78, 5) is 16.4. The average molecular weight is 386 g/mol. The summed E-state index contributed by atoms with van der Waals surface area (Å²) >= 11 is 0. The first-order valence-corrected chi connectivity index (χ1v) is 9.24. The van der Waals surface area contributed by atoms with E-state index in [-0.39, 0.29) is 11.3 Å². The Hall–Kier alpha value is -3.10. The van der Waals surface area contributed by atoms with E-state index in [0.29, 0.717) is 12.4 Å². The SMILES string of the molecule is C[C@@H](C(=O)Nc1cc(-c2nnc3n2CCCCC3)c(F)cc1F)n1ccnc1. The Morgan fingerprint density at radius 2 is 2.04 bits per heavy atom. The zero-order valence-electron chi connectivity index (χ0n) is 15.4. The third-order valence-corrected chi connectivity index (χ3v) is 5.02. The van der Waals surface area contributed by atoms with E-state index >= 15 is 0 Å². The van der Waals surface area contributed by atoms with Gasteiger partial charge in [-0.2, -0.15) is 0 Å². The van der Waals surface area contributed by atoms with Gasteiger partial charge in [-0.3, -0.25) is 4.79 Å². The van der Waals surface area contributed by atoms with Crippen LogP contribution in [0.5, 0.6) is 0 Å². The fourth-order valence-electron chi connectivity index (χ4n) is 3.37. The number of fused-ring (bicyclic) bond motifs is 1. The standard InChI is InChI=1S/C19H20F2N6O/c1-12(26-8-6-22-11-26)19(28)23-16-9-13(14(20)10-15(16)21)18-25-24-17-5-3-2-4-7-27(17)18/h6,8-12H,2-5,7H2,1H3,(H,23,28)/t12-/m0/s1. The Balaban J connectivity index is 1.66. The molecular formula is C19H20F2N6O. The number of amides is 1. The molecule has 2 aromatic heterocycles. The van der Waals surface area contributed by atoms with E-state index in [0.717, 1.165) is 37.6 Å². The molecule has 1 amide bonds. The van der Waals surface area contributed by atoms with Crippen LogP contribution in [0.3, 0.4) is 0 Å². The molecule has 28 heavy (non-hydrogen) atoms. The number of hydrogen-bond acceptors (Lipinski definition) is 4. The molecule has 9 heteroatoms. The molecule has 4 rings (SSSR count). The Bertz CT molecular complexity index is 998. The van der Waals surface area contributed by atoms with E-state index in [1.165, 1.54) is 12.4 Å². The highest BCUT2D eigenvalue weighted by molar-refractivity contribution is 5.94. The van der Waals surface area contributed by atoms with E-state index in [1.54, 1.807) is 23.9 Å². The number of rotatable bonds is 4. The summed E-state index contributed by atoms with van der Waals surface area (Å²) in [5, 5.41) is 10.8. The van der Waals surface area contributed by atoms with Gasteiger partial charge in [-0.05, 0) is 25.8 Å². The third kappa shape index (κ3) is 3.39. The van der Waals surface area contributed by atoms with Crippen LogP contribution in [0.2, 0.25) is 0 Å². The molecule has 0 saturated heterocycles. The number of carbonyl (C=O) groups excluding carboxylic acids is 1. The van der Waals surface area contributed by atoms with Crippen molar-refractivity contribution in [3.8, 4) is 11.4 Å². The van der Waals surface area contributed by atoms with E-state index in [9.17, 15) is 13.6 Å². The highest BCUT2D eigenvalue weighted by atomic mass is 19.1. The minimum absolute atomic E-state index is 0.0978. The minimum atomic E-state index is -0.844.